The van der Waals surface area contributed by atoms with Crippen molar-refractivity contribution in [2.24, 2.45) is 5.92 Å². The average Bonchev–Trinajstić information content (AvgIpc) is 2.68. The Balaban J connectivity index is 1.27. The molecular weight excluding hydrogens is 366 g/mol. The van der Waals surface area contributed by atoms with E-state index in [9.17, 15) is 9.59 Å². The predicted octanol–water partition coefficient (Wildman–Crippen LogP) is 1.55. The summed E-state index contributed by atoms with van der Waals surface area (Å²) in [5, 5.41) is 0.720. The highest BCUT2D eigenvalue weighted by atomic mass is 35.5. The molecule has 1 aromatic heterocycles. The minimum atomic E-state index is -0.167. The highest BCUT2D eigenvalue weighted by Gasteiger charge is 2.39. The quantitative estimate of drug-likeness (QED) is 0.801. The summed E-state index contributed by atoms with van der Waals surface area (Å²) < 4.78 is 0. The lowest BCUT2D eigenvalue weighted by Crippen LogP contribution is -2.59. The van der Waals surface area contributed by atoms with Gasteiger partial charge in [0.05, 0.1) is 12.1 Å². The fraction of sp³-hybridized carbons (Fsp3) is 0.368. The van der Waals surface area contributed by atoms with E-state index in [1.165, 1.54) is 18.6 Å². The van der Waals surface area contributed by atoms with E-state index < -0.39 is 0 Å². The average molecular weight is 386 g/mol. The summed E-state index contributed by atoms with van der Waals surface area (Å²) in [7, 11) is 0. The molecule has 0 aliphatic carbocycles. The standard InChI is InChI=1S/C19H20ClN5O2/c20-15-1-3-16(4-2-15)23-7-9-24(10-8-23)18(26)14-12-25(13-14)19(27)17-11-21-5-6-22-17/h1-6,11,14H,7-10,12-13H2. The molecule has 2 aliphatic rings. The highest BCUT2D eigenvalue weighted by molar-refractivity contribution is 6.30. The van der Waals surface area contributed by atoms with E-state index in [0.717, 1.165) is 23.8 Å². The summed E-state index contributed by atoms with van der Waals surface area (Å²) in [6.45, 7) is 3.87. The lowest BCUT2D eigenvalue weighted by atomic mass is 9.97. The normalized spacial score (nSPS) is 17.6. The molecule has 2 saturated heterocycles. The van der Waals surface area contributed by atoms with Crippen LogP contribution in [0.15, 0.2) is 42.9 Å². The third-order valence-electron chi connectivity index (χ3n) is 5.08. The summed E-state index contributed by atoms with van der Waals surface area (Å²) in [4.78, 5) is 38.7. The first-order valence-corrected chi connectivity index (χ1v) is 9.34. The van der Waals surface area contributed by atoms with Gasteiger partial charge in [0.2, 0.25) is 5.91 Å². The fourth-order valence-corrected chi connectivity index (χ4v) is 3.59. The zero-order valence-electron chi connectivity index (χ0n) is 14.8. The monoisotopic (exact) mass is 385 g/mol. The molecule has 2 amide bonds. The van der Waals surface area contributed by atoms with Crippen LogP contribution < -0.4 is 4.90 Å². The second-order valence-electron chi connectivity index (χ2n) is 6.79. The summed E-state index contributed by atoms with van der Waals surface area (Å²) in [5.74, 6) is -0.152. The smallest absolute Gasteiger partial charge is 0.274 e. The summed E-state index contributed by atoms with van der Waals surface area (Å²) in [6.07, 6.45) is 4.48. The van der Waals surface area contributed by atoms with Crippen LogP contribution in [0.1, 0.15) is 10.5 Å². The second kappa shape index (κ2) is 7.52. The molecule has 0 spiro atoms. The third kappa shape index (κ3) is 3.73. The fourth-order valence-electron chi connectivity index (χ4n) is 3.47. The van der Waals surface area contributed by atoms with Crippen LogP contribution in [-0.4, -0.2) is 70.9 Å². The summed E-state index contributed by atoms with van der Waals surface area (Å²) >= 11 is 5.94. The second-order valence-corrected chi connectivity index (χ2v) is 7.22. The molecule has 3 heterocycles. The van der Waals surface area contributed by atoms with Crippen molar-refractivity contribution >= 4 is 29.1 Å². The molecule has 27 heavy (non-hydrogen) atoms. The van der Waals surface area contributed by atoms with E-state index in [4.69, 9.17) is 11.6 Å². The Bertz CT molecular complexity index is 816. The van der Waals surface area contributed by atoms with Gasteiger partial charge in [-0.25, -0.2) is 4.98 Å². The van der Waals surface area contributed by atoms with Gasteiger partial charge in [-0.15, -0.1) is 0 Å². The van der Waals surface area contributed by atoms with Gasteiger partial charge in [0.15, 0.2) is 0 Å². The van der Waals surface area contributed by atoms with E-state index in [-0.39, 0.29) is 17.7 Å². The SMILES string of the molecule is O=C(c1cnccn1)N1CC(C(=O)N2CCN(c3ccc(Cl)cc3)CC2)C1. The number of hydrogen-bond donors (Lipinski definition) is 0. The van der Waals surface area contributed by atoms with Crippen LogP contribution in [0, 0.1) is 5.92 Å². The largest absolute Gasteiger partial charge is 0.368 e. The Hall–Kier alpha value is -2.67. The van der Waals surface area contributed by atoms with Gasteiger partial charge in [0.1, 0.15) is 5.69 Å². The number of anilines is 1. The van der Waals surface area contributed by atoms with E-state index in [1.807, 2.05) is 29.2 Å². The number of rotatable bonds is 3. The molecule has 0 unspecified atom stereocenters. The molecule has 0 atom stereocenters. The number of halogens is 1. The molecule has 2 aromatic rings. The molecule has 7 nitrogen and oxygen atoms in total. The molecule has 4 rings (SSSR count). The highest BCUT2D eigenvalue weighted by Crippen LogP contribution is 2.23. The van der Waals surface area contributed by atoms with Gasteiger partial charge < -0.3 is 14.7 Å². The minimum Gasteiger partial charge on any atom is -0.368 e. The molecule has 140 valence electrons. The Morgan fingerprint density at radius 3 is 2.30 bits per heavy atom. The number of hydrogen-bond acceptors (Lipinski definition) is 5. The van der Waals surface area contributed by atoms with Crippen molar-refractivity contribution in [3.63, 3.8) is 0 Å². The summed E-state index contributed by atoms with van der Waals surface area (Å²) in [5.41, 5.74) is 1.44. The van der Waals surface area contributed by atoms with E-state index in [1.54, 1.807) is 4.90 Å². The maximum atomic E-state index is 12.7. The number of piperazine rings is 1. The number of nitrogens with zero attached hydrogens (tertiary/aromatic N) is 5. The van der Waals surface area contributed by atoms with Gasteiger partial charge >= 0.3 is 0 Å². The molecule has 2 aliphatic heterocycles. The molecule has 2 fully saturated rings. The maximum Gasteiger partial charge on any atom is 0.274 e. The number of carbonyl (C=O) groups excluding carboxylic acids is 2. The van der Waals surface area contributed by atoms with Crippen molar-refractivity contribution in [2.75, 3.05) is 44.2 Å². The van der Waals surface area contributed by atoms with Crippen LogP contribution in [0.5, 0.6) is 0 Å². The maximum absolute atomic E-state index is 12.7. The van der Waals surface area contributed by atoms with Crippen LogP contribution in [0.2, 0.25) is 5.02 Å². The van der Waals surface area contributed by atoms with Gasteiger partial charge in [-0.1, -0.05) is 11.6 Å². The molecule has 0 radical (unpaired) electrons. The first-order chi connectivity index (χ1) is 13.1. The van der Waals surface area contributed by atoms with E-state index >= 15 is 0 Å². The summed E-state index contributed by atoms with van der Waals surface area (Å²) in [6, 6.07) is 7.76. The van der Waals surface area contributed by atoms with Crippen LogP contribution in [0.3, 0.4) is 0 Å². The van der Waals surface area contributed by atoms with Gasteiger partial charge in [-0.2, -0.15) is 0 Å². The van der Waals surface area contributed by atoms with Crippen molar-refractivity contribution in [1.82, 2.24) is 19.8 Å². The Morgan fingerprint density at radius 1 is 0.963 bits per heavy atom. The third-order valence-corrected chi connectivity index (χ3v) is 5.34. The molecule has 0 saturated carbocycles. The Kier molecular flexibility index (Phi) is 4.94. The van der Waals surface area contributed by atoms with E-state index in [2.05, 4.69) is 14.9 Å². The lowest BCUT2D eigenvalue weighted by Gasteiger charge is -2.43. The molecule has 0 N–H and O–H groups in total. The first kappa shape index (κ1) is 17.7. The molecule has 8 heteroatoms. The Morgan fingerprint density at radius 2 is 1.67 bits per heavy atom. The number of likely N-dealkylation sites (tertiary alicyclic amines) is 1. The van der Waals surface area contributed by atoms with Gasteiger partial charge in [0.25, 0.3) is 5.91 Å². The molecule has 0 bridgehead atoms. The van der Waals surface area contributed by atoms with Gasteiger partial charge in [-0.05, 0) is 24.3 Å². The first-order valence-electron chi connectivity index (χ1n) is 8.96. The lowest BCUT2D eigenvalue weighted by molar-refractivity contribution is -0.140. The number of aromatic nitrogens is 2. The van der Waals surface area contributed by atoms with Crippen molar-refractivity contribution in [1.29, 1.82) is 0 Å². The van der Waals surface area contributed by atoms with Crippen molar-refractivity contribution in [3.8, 4) is 0 Å². The number of benzene rings is 1. The van der Waals surface area contributed by atoms with Crippen molar-refractivity contribution in [3.05, 3.63) is 53.6 Å². The van der Waals surface area contributed by atoms with Crippen LogP contribution in [0.4, 0.5) is 5.69 Å². The molecule has 1 aromatic carbocycles. The van der Waals surface area contributed by atoms with Crippen LogP contribution >= 0.6 is 11.6 Å². The zero-order valence-corrected chi connectivity index (χ0v) is 15.5. The zero-order chi connectivity index (χ0) is 18.8. The number of carbonyl (C=O) groups is 2. The topological polar surface area (TPSA) is 69.6 Å². The van der Waals surface area contributed by atoms with Gasteiger partial charge in [0, 0.05) is 62.4 Å². The minimum absolute atomic E-state index is 0.118. The van der Waals surface area contributed by atoms with Crippen molar-refractivity contribution in [2.45, 2.75) is 0 Å². The van der Waals surface area contributed by atoms with Crippen LogP contribution in [0.25, 0.3) is 0 Å². The van der Waals surface area contributed by atoms with Crippen LogP contribution in [-0.2, 0) is 4.79 Å². The van der Waals surface area contributed by atoms with Gasteiger partial charge in [-0.3, -0.25) is 14.6 Å². The van der Waals surface area contributed by atoms with E-state index in [0.29, 0.717) is 31.9 Å². The Labute approximate surface area is 162 Å². The van der Waals surface area contributed by atoms with Crippen molar-refractivity contribution < 1.29 is 9.59 Å². The number of amides is 2. The molecular formula is C19H20ClN5O2. The predicted molar refractivity (Wildman–Crippen MR) is 102 cm³/mol.